The van der Waals surface area contributed by atoms with Gasteiger partial charge < -0.3 is 23.9 Å². The van der Waals surface area contributed by atoms with E-state index in [9.17, 15) is 20.0 Å². The first-order chi connectivity index (χ1) is 25.0. The Morgan fingerprint density at radius 3 is 2.40 bits per heavy atom. The van der Waals surface area contributed by atoms with Gasteiger partial charge in [-0.2, -0.15) is 5.26 Å². The molecular weight excluding hydrogens is 678 g/mol. The van der Waals surface area contributed by atoms with Gasteiger partial charge in [-0.1, -0.05) is 35.9 Å². The van der Waals surface area contributed by atoms with Gasteiger partial charge in [0.05, 0.1) is 35.2 Å². The highest BCUT2D eigenvalue weighted by Gasteiger charge is 2.35. The minimum atomic E-state index is -0.343. The summed E-state index contributed by atoms with van der Waals surface area (Å²) >= 11 is 6.58. The van der Waals surface area contributed by atoms with Gasteiger partial charge in [0.2, 0.25) is 0 Å². The van der Waals surface area contributed by atoms with Crippen LogP contribution in [0.15, 0.2) is 72.9 Å². The fraction of sp³-hybridized carbons (Fsp3) is 0.300. The van der Waals surface area contributed by atoms with E-state index in [1.165, 1.54) is 23.9 Å². The molecule has 12 heteroatoms. The predicted molar refractivity (Wildman–Crippen MR) is 199 cm³/mol. The molecule has 3 aromatic heterocycles. The van der Waals surface area contributed by atoms with Gasteiger partial charge in [-0.05, 0) is 73.9 Å². The molecule has 0 spiro atoms. The second-order valence-electron chi connectivity index (χ2n) is 13.4. The van der Waals surface area contributed by atoms with E-state index in [0.717, 1.165) is 25.1 Å². The number of fused-ring (bicyclic) bond motifs is 1. The highest BCUT2D eigenvalue weighted by Crippen LogP contribution is 2.37. The molecule has 0 unspecified atom stereocenters. The summed E-state index contributed by atoms with van der Waals surface area (Å²) in [5.41, 5.74) is 6.95. The molecule has 266 valence electrons. The number of anilines is 2. The van der Waals surface area contributed by atoms with Crippen LogP contribution in [-0.4, -0.2) is 79.7 Å². The van der Waals surface area contributed by atoms with Crippen LogP contribution < -0.4 is 4.90 Å². The number of ether oxygens (including phenoxy) is 1. The minimum Gasteiger partial charge on any atom is -0.508 e. The molecule has 2 aliphatic heterocycles. The average Bonchev–Trinajstić information content (AvgIpc) is 3.61. The van der Waals surface area contributed by atoms with Crippen molar-refractivity contribution < 1.29 is 19.4 Å². The summed E-state index contributed by atoms with van der Waals surface area (Å²) in [6.07, 6.45) is 2.22. The van der Waals surface area contributed by atoms with E-state index in [4.69, 9.17) is 16.3 Å². The first-order valence-electron chi connectivity index (χ1n) is 17.3. The van der Waals surface area contributed by atoms with E-state index in [1.54, 1.807) is 46.8 Å². The summed E-state index contributed by atoms with van der Waals surface area (Å²) in [5.74, 6) is -0.489. The normalized spacial score (nSPS) is 16.0. The SMILES string of the molecule is Cc1c(N(C(=O)c2cc(-c3cc(Cl)cnc3C(=O)N3Cc4ccccc4C[C@H]3CN3CCOCC3)n(C)c2C)c2ccc(O)cc2)cc(C#N)n1C. The standard InChI is InChI=1S/C40H40ClN7O4/c1-25-34(39(50)48(30-9-11-33(49)12-10-30)36-19-31(21-42)44(3)26(36)2)20-37(45(25)4)35-18-29(41)22-43-38(35)40(51)47-23-28-8-6-5-7-27(28)17-32(47)24-46-13-15-52-16-14-46/h5-12,18-20,22,32,49H,13-17,23-24H2,1-4H3/t32-/m0/s1. The van der Waals surface area contributed by atoms with Crippen molar-refractivity contribution in [3.05, 3.63) is 117 Å². The number of amides is 2. The molecule has 1 fully saturated rings. The summed E-state index contributed by atoms with van der Waals surface area (Å²) in [5, 5.41) is 20.2. The third kappa shape index (κ3) is 6.45. The predicted octanol–water partition coefficient (Wildman–Crippen LogP) is 6.15. The monoisotopic (exact) mass is 717 g/mol. The molecule has 2 amide bonds. The Balaban J connectivity index is 1.29. The second kappa shape index (κ2) is 14.3. The lowest BCUT2D eigenvalue weighted by Crippen LogP contribution is -2.52. The number of nitriles is 1. The zero-order chi connectivity index (χ0) is 36.7. The van der Waals surface area contributed by atoms with E-state index in [2.05, 4.69) is 28.1 Å². The molecule has 1 saturated heterocycles. The fourth-order valence-electron chi connectivity index (χ4n) is 7.29. The number of rotatable bonds is 7. The van der Waals surface area contributed by atoms with Crippen LogP contribution in [0.2, 0.25) is 5.02 Å². The lowest BCUT2D eigenvalue weighted by molar-refractivity contribution is 0.0191. The molecule has 1 atom stereocenters. The molecule has 11 nitrogen and oxygen atoms in total. The van der Waals surface area contributed by atoms with Crippen LogP contribution in [0.1, 0.15) is 49.1 Å². The highest BCUT2D eigenvalue weighted by molar-refractivity contribution is 6.31. The maximum Gasteiger partial charge on any atom is 0.273 e. The second-order valence-corrected chi connectivity index (χ2v) is 13.9. The minimum absolute atomic E-state index is 0.0619. The number of carbonyl (C=O) groups is 2. The zero-order valence-electron chi connectivity index (χ0n) is 29.6. The van der Waals surface area contributed by atoms with Crippen molar-refractivity contribution in [2.24, 2.45) is 14.1 Å². The molecule has 5 aromatic rings. The lowest BCUT2D eigenvalue weighted by Gasteiger charge is -2.40. The number of hydrogen-bond acceptors (Lipinski definition) is 7. The third-order valence-electron chi connectivity index (χ3n) is 10.5. The van der Waals surface area contributed by atoms with Crippen molar-refractivity contribution in [3.8, 4) is 23.1 Å². The van der Waals surface area contributed by atoms with Crippen LogP contribution in [0.4, 0.5) is 11.4 Å². The van der Waals surface area contributed by atoms with Crippen molar-refractivity contribution in [2.45, 2.75) is 32.9 Å². The fourth-order valence-corrected chi connectivity index (χ4v) is 7.45. The number of nitrogens with zero attached hydrogens (tertiary/aromatic N) is 7. The lowest BCUT2D eigenvalue weighted by atomic mass is 9.92. The van der Waals surface area contributed by atoms with Gasteiger partial charge in [0.1, 0.15) is 23.2 Å². The van der Waals surface area contributed by atoms with Gasteiger partial charge in [0.25, 0.3) is 11.8 Å². The number of phenols is 1. The van der Waals surface area contributed by atoms with Crippen molar-refractivity contribution in [3.63, 3.8) is 0 Å². The van der Waals surface area contributed by atoms with E-state index in [0.29, 0.717) is 76.6 Å². The molecule has 7 rings (SSSR count). The summed E-state index contributed by atoms with van der Waals surface area (Å²) in [4.78, 5) is 39.9. The van der Waals surface area contributed by atoms with Gasteiger partial charge in [-0.25, -0.2) is 4.98 Å². The Morgan fingerprint density at radius 2 is 1.71 bits per heavy atom. The van der Waals surface area contributed by atoms with Crippen molar-refractivity contribution in [2.75, 3.05) is 37.7 Å². The number of halogens is 1. The number of pyridine rings is 1. The molecular formula is C40H40ClN7O4. The third-order valence-corrected chi connectivity index (χ3v) is 10.7. The number of carbonyl (C=O) groups excluding carboxylic acids is 2. The maximum atomic E-state index is 14.8. The number of morpholine rings is 1. The number of aromatic nitrogens is 3. The Morgan fingerprint density at radius 1 is 1.00 bits per heavy atom. The molecule has 0 bridgehead atoms. The van der Waals surface area contributed by atoms with Crippen molar-refractivity contribution in [1.29, 1.82) is 5.26 Å². The number of phenolic OH excluding ortho intramolecular Hbond substituents is 1. The van der Waals surface area contributed by atoms with Crippen LogP contribution in [0.3, 0.4) is 0 Å². The van der Waals surface area contributed by atoms with Gasteiger partial charge in [-0.15, -0.1) is 0 Å². The highest BCUT2D eigenvalue weighted by atomic mass is 35.5. The van der Waals surface area contributed by atoms with Gasteiger partial charge in [0, 0.05) is 75.2 Å². The number of hydrogen-bond donors (Lipinski definition) is 1. The maximum absolute atomic E-state index is 14.8. The van der Waals surface area contributed by atoms with E-state index >= 15 is 0 Å². The summed E-state index contributed by atoms with van der Waals surface area (Å²) in [6, 6.07) is 21.9. The molecule has 2 aliphatic rings. The smallest absolute Gasteiger partial charge is 0.273 e. The summed E-state index contributed by atoms with van der Waals surface area (Å²) in [7, 11) is 3.63. The first kappa shape index (κ1) is 35.0. The Labute approximate surface area is 307 Å². The molecule has 5 heterocycles. The van der Waals surface area contributed by atoms with Crippen molar-refractivity contribution in [1.82, 2.24) is 23.9 Å². The van der Waals surface area contributed by atoms with Crippen LogP contribution in [0.25, 0.3) is 11.3 Å². The summed E-state index contributed by atoms with van der Waals surface area (Å²) in [6.45, 7) is 7.82. The average molecular weight is 718 g/mol. The molecule has 0 saturated carbocycles. The largest absolute Gasteiger partial charge is 0.508 e. The first-order valence-corrected chi connectivity index (χ1v) is 17.6. The topological polar surface area (TPSA) is 120 Å². The van der Waals surface area contributed by atoms with Gasteiger partial charge in [-0.3, -0.25) is 19.4 Å². The number of aromatic hydroxyl groups is 1. The van der Waals surface area contributed by atoms with E-state index < -0.39 is 0 Å². The van der Waals surface area contributed by atoms with Crippen molar-refractivity contribution >= 4 is 34.8 Å². The number of benzene rings is 2. The van der Waals surface area contributed by atoms with E-state index in [1.807, 2.05) is 42.5 Å². The summed E-state index contributed by atoms with van der Waals surface area (Å²) < 4.78 is 9.21. The molecule has 1 N–H and O–H groups in total. The zero-order valence-corrected chi connectivity index (χ0v) is 30.4. The Kier molecular flexibility index (Phi) is 9.63. The molecule has 0 radical (unpaired) electrons. The van der Waals surface area contributed by atoms with Crippen LogP contribution in [-0.2, 0) is 31.8 Å². The van der Waals surface area contributed by atoms with Crippen LogP contribution in [0, 0.1) is 25.2 Å². The Hall–Kier alpha value is -5.41. The Bertz CT molecular complexity index is 2210. The molecule has 52 heavy (non-hydrogen) atoms. The molecule has 2 aromatic carbocycles. The van der Waals surface area contributed by atoms with Crippen LogP contribution in [0.5, 0.6) is 5.75 Å². The quantitative estimate of drug-likeness (QED) is 0.215. The molecule has 0 aliphatic carbocycles. The van der Waals surface area contributed by atoms with Crippen LogP contribution >= 0.6 is 11.6 Å². The van der Waals surface area contributed by atoms with Gasteiger partial charge in [0.15, 0.2) is 0 Å². The van der Waals surface area contributed by atoms with Gasteiger partial charge >= 0.3 is 0 Å². The van der Waals surface area contributed by atoms with E-state index in [-0.39, 0.29) is 29.3 Å².